The molecule has 0 aromatic heterocycles. The molecule has 4 aromatic rings. The summed E-state index contributed by atoms with van der Waals surface area (Å²) in [5.74, 6) is 0.912. The van der Waals surface area contributed by atoms with Crippen molar-refractivity contribution in [3.8, 4) is 28.0 Å². The number of hydrogen-bond donors (Lipinski definition) is 0. The van der Waals surface area contributed by atoms with Crippen molar-refractivity contribution in [2.45, 2.75) is 27.7 Å². The maximum Gasteiger partial charge on any atom is 0.192 e. The van der Waals surface area contributed by atoms with Crippen molar-refractivity contribution >= 4 is 18.2 Å². The second-order valence-corrected chi connectivity index (χ2v) is 8.29. The fraction of sp³-hybridized carbons (Fsp3) is 0.172. The summed E-state index contributed by atoms with van der Waals surface area (Å²) in [6, 6.07) is 28.2. The molecule has 0 saturated heterocycles. The molecule has 0 saturated carbocycles. The molecule has 1 radical (unpaired) electrons. The molecule has 0 fully saturated rings. The Bertz CT molecular complexity index is 1160. The van der Waals surface area contributed by atoms with Crippen LogP contribution >= 0.6 is 0 Å². The van der Waals surface area contributed by atoms with Gasteiger partial charge >= 0.3 is 0 Å². The van der Waals surface area contributed by atoms with E-state index in [1.807, 2.05) is 0 Å². The Morgan fingerprint density at radius 1 is 0.516 bits per heavy atom. The van der Waals surface area contributed by atoms with Crippen molar-refractivity contribution in [1.82, 2.24) is 0 Å². The summed E-state index contributed by atoms with van der Waals surface area (Å²) < 4.78 is 5.42. The average Bonchev–Trinajstić information content (AvgIpc) is 2.78. The lowest BCUT2D eigenvalue weighted by atomic mass is 9.58. The van der Waals surface area contributed by atoms with Crippen LogP contribution in [0.3, 0.4) is 0 Å². The Morgan fingerprint density at radius 2 is 0.935 bits per heavy atom. The molecule has 2 heteroatoms. The van der Waals surface area contributed by atoms with Crippen molar-refractivity contribution in [2.24, 2.45) is 0 Å². The summed E-state index contributed by atoms with van der Waals surface area (Å²) in [4.78, 5) is 0. The van der Waals surface area contributed by atoms with Crippen molar-refractivity contribution in [3.05, 3.63) is 101 Å². The highest BCUT2D eigenvalue weighted by molar-refractivity contribution is 6.69. The van der Waals surface area contributed by atoms with Gasteiger partial charge in [-0.05, 0) is 62.1 Å². The molecule has 1 nitrogen and oxygen atoms in total. The van der Waals surface area contributed by atoms with E-state index in [1.54, 1.807) is 7.11 Å². The van der Waals surface area contributed by atoms with Gasteiger partial charge < -0.3 is 4.74 Å². The van der Waals surface area contributed by atoms with Gasteiger partial charge in [-0.25, -0.2) is 0 Å². The van der Waals surface area contributed by atoms with Crippen molar-refractivity contribution in [2.75, 3.05) is 7.11 Å². The van der Waals surface area contributed by atoms with Crippen LogP contribution in [-0.2, 0) is 0 Å². The van der Waals surface area contributed by atoms with Crippen LogP contribution in [0.1, 0.15) is 22.3 Å². The minimum absolute atomic E-state index is 0.912. The third-order valence-electron chi connectivity index (χ3n) is 6.01. The van der Waals surface area contributed by atoms with E-state index in [0.717, 1.165) is 5.75 Å². The van der Waals surface area contributed by atoms with E-state index in [1.165, 1.54) is 55.4 Å². The van der Waals surface area contributed by atoms with Crippen molar-refractivity contribution in [1.29, 1.82) is 0 Å². The summed E-state index contributed by atoms with van der Waals surface area (Å²) in [6.45, 7) is 8.70. The predicted molar refractivity (Wildman–Crippen MR) is 134 cm³/mol. The molecule has 31 heavy (non-hydrogen) atoms. The van der Waals surface area contributed by atoms with Crippen LogP contribution in [0.5, 0.6) is 5.75 Å². The van der Waals surface area contributed by atoms with Gasteiger partial charge in [0.15, 0.2) is 7.28 Å². The highest BCUT2D eigenvalue weighted by atomic mass is 16.5. The second-order valence-electron chi connectivity index (χ2n) is 8.29. The largest absolute Gasteiger partial charge is 0.497 e. The monoisotopic (exact) mass is 403 g/mol. The topological polar surface area (TPSA) is 9.23 Å². The van der Waals surface area contributed by atoms with Gasteiger partial charge in [0.2, 0.25) is 0 Å². The molecule has 0 aliphatic carbocycles. The first-order chi connectivity index (χ1) is 15.0. The number of rotatable bonds is 5. The summed E-state index contributed by atoms with van der Waals surface area (Å²) in [6.07, 6.45) is 0. The van der Waals surface area contributed by atoms with Crippen LogP contribution < -0.4 is 15.7 Å². The molecule has 0 heterocycles. The van der Waals surface area contributed by atoms with Gasteiger partial charge in [-0.15, -0.1) is 0 Å². The third kappa shape index (κ3) is 4.44. The fourth-order valence-corrected chi connectivity index (χ4v) is 4.28. The maximum absolute atomic E-state index is 5.42. The Morgan fingerprint density at radius 3 is 1.42 bits per heavy atom. The summed E-state index contributed by atoms with van der Waals surface area (Å²) in [5, 5.41) is 0. The predicted octanol–water partition coefficient (Wildman–Crippen LogP) is 5.92. The van der Waals surface area contributed by atoms with Gasteiger partial charge in [0.25, 0.3) is 0 Å². The molecular formula is C29H28BO. The van der Waals surface area contributed by atoms with Crippen LogP contribution in [0, 0.1) is 27.7 Å². The van der Waals surface area contributed by atoms with E-state index in [4.69, 9.17) is 4.74 Å². The normalized spacial score (nSPS) is 10.7. The SMILES string of the molecule is COc1cc(C)c([B]c2c(C)cc(-c3ccc(-c4ccccc4)cc3)cc2C)c(C)c1. The second kappa shape index (κ2) is 8.85. The molecule has 0 spiro atoms. The number of aryl methyl sites for hydroxylation is 4. The molecule has 0 aliphatic rings. The highest BCUT2D eigenvalue weighted by Crippen LogP contribution is 2.26. The van der Waals surface area contributed by atoms with Crippen LogP contribution in [-0.4, -0.2) is 14.4 Å². The number of methoxy groups -OCH3 is 1. The molecular weight excluding hydrogens is 375 g/mol. The van der Waals surface area contributed by atoms with Gasteiger partial charge in [-0.1, -0.05) is 99.9 Å². The first-order valence-corrected chi connectivity index (χ1v) is 10.7. The van der Waals surface area contributed by atoms with Crippen molar-refractivity contribution in [3.63, 3.8) is 0 Å². The smallest absolute Gasteiger partial charge is 0.192 e. The average molecular weight is 403 g/mol. The zero-order valence-electron chi connectivity index (χ0n) is 19.0. The lowest BCUT2D eigenvalue weighted by molar-refractivity contribution is 0.414. The number of ether oxygens (including phenoxy) is 1. The molecule has 0 N–H and O–H groups in total. The Hall–Kier alpha value is -3.26. The minimum Gasteiger partial charge on any atom is -0.497 e. The van der Waals surface area contributed by atoms with Gasteiger partial charge in [-0.2, -0.15) is 0 Å². The molecule has 0 bridgehead atoms. The highest BCUT2D eigenvalue weighted by Gasteiger charge is 2.13. The molecule has 4 rings (SSSR count). The summed E-state index contributed by atoms with van der Waals surface area (Å²) >= 11 is 0. The Kier molecular flexibility index (Phi) is 6.00. The lowest BCUT2D eigenvalue weighted by Crippen LogP contribution is -2.34. The first kappa shape index (κ1) is 21.0. The molecule has 153 valence electrons. The zero-order chi connectivity index (χ0) is 22.0. The zero-order valence-corrected chi connectivity index (χ0v) is 19.0. The van der Waals surface area contributed by atoms with E-state index in [9.17, 15) is 0 Å². The lowest BCUT2D eigenvalue weighted by Gasteiger charge is -2.16. The summed E-state index contributed by atoms with van der Waals surface area (Å²) in [5.41, 5.74) is 12.6. The molecule has 0 atom stereocenters. The molecule has 0 aliphatic heterocycles. The standard InChI is InChI=1S/C29H28BO/c1-19-15-26(25-13-11-24(12-14-25)23-9-7-6-8-10-23)16-20(2)28(19)30-29-21(3)17-27(31-5)18-22(29)4/h6-18H,1-5H3. The van der Waals surface area contributed by atoms with Gasteiger partial charge in [0.05, 0.1) is 7.11 Å². The minimum atomic E-state index is 0.912. The third-order valence-corrected chi connectivity index (χ3v) is 6.01. The molecule has 4 aromatic carbocycles. The van der Waals surface area contributed by atoms with Crippen LogP contribution in [0.2, 0.25) is 0 Å². The van der Waals surface area contributed by atoms with Gasteiger partial charge in [-0.3, -0.25) is 0 Å². The van der Waals surface area contributed by atoms with E-state index < -0.39 is 0 Å². The van der Waals surface area contributed by atoms with E-state index in [0.29, 0.717) is 0 Å². The van der Waals surface area contributed by atoms with Gasteiger partial charge in [0, 0.05) is 0 Å². The Balaban J connectivity index is 1.64. The van der Waals surface area contributed by atoms with E-state index >= 15 is 0 Å². The quantitative estimate of drug-likeness (QED) is 0.376. The number of hydrogen-bond acceptors (Lipinski definition) is 1. The van der Waals surface area contributed by atoms with Crippen molar-refractivity contribution < 1.29 is 4.74 Å². The summed E-state index contributed by atoms with van der Waals surface area (Å²) in [7, 11) is 4.04. The van der Waals surface area contributed by atoms with Crippen LogP contribution in [0.15, 0.2) is 78.9 Å². The van der Waals surface area contributed by atoms with Crippen LogP contribution in [0.4, 0.5) is 0 Å². The molecule has 0 unspecified atom stereocenters. The van der Waals surface area contributed by atoms with Crippen LogP contribution in [0.25, 0.3) is 22.3 Å². The first-order valence-electron chi connectivity index (χ1n) is 10.7. The van der Waals surface area contributed by atoms with E-state index in [2.05, 4.69) is 114 Å². The Labute approximate surface area is 187 Å². The van der Waals surface area contributed by atoms with E-state index in [-0.39, 0.29) is 0 Å². The maximum atomic E-state index is 5.42. The molecule has 0 amide bonds. The number of benzene rings is 4. The fourth-order valence-electron chi connectivity index (χ4n) is 4.28. The van der Waals surface area contributed by atoms with Gasteiger partial charge in [0.1, 0.15) is 5.75 Å².